The van der Waals surface area contributed by atoms with Crippen LogP contribution in [0.25, 0.3) is 6.08 Å². The molecular formula is C13H18BrN. The Morgan fingerprint density at radius 3 is 2.67 bits per heavy atom. The third-order valence-electron chi connectivity index (χ3n) is 2.10. The average Bonchev–Trinajstić information content (AvgIpc) is 2.18. The minimum Gasteiger partial charge on any atom is -0.311 e. The van der Waals surface area contributed by atoms with Crippen LogP contribution in [0.2, 0.25) is 0 Å². The summed E-state index contributed by atoms with van der Waals surface area (Å²) in [6, 6.07) is 8.80. The van der Waals surface area contributed by atoms with Crippen LogP contribution >= 0.6 is 15.9 Å². The summed E-state index contributed by atoms with van der Waals surface area (Å²) in [5.41, 5.74) is 2.58. The number of halogens is 1. The fraction of sp³-hybridized carbons (Fsp3) is 0.385. The summed E-state index contributed by atoms with van der Waals surface area (Å²) >= 11 is 3.54. The van der Waals surface area contributed by atoms with Gasteiger partial charge >= 0.3 is 0 Å². The highest BCUT2D eigenvalue weighted by Gasteiger charge is 1.97. The molecule has 0 saturated heterocycles. The van der Waals surface area contributed by atoms with Crippen LogP contribution in [-0.2, 0) is 0 Å². The third-order valence-corrected chi connectivity index (χ3v) is 2.82. The van der Waals surface area contributed by atoms with E-state index in [0.29, 0.717) is 6.04 Å². The molecule has 0 atom stereocenters. The van der Waals surface area contributed by atoms with E-state index in [2.05, 4.69) is 66.3 Å². The molecule has 0 unspecified atom stereocenters. The molecule has 15 heavy (non-hydrogen) atoms. The zero-order valence-corrected chi connectivity index (χ0v) is 11.1. The van der Waals surface area contributed by atoms with E-state index in [1.54, 1.807) is 0 Å². The molecule has 2 heteroatoms. The fourth-order valence-corrected chi connectivity index (χ4v) is 1.67. The first kappa shape index (κ1) is 12.5. The number of benzene rings is 1. The van der Waals surface area contributed by atoms with E-state index in [1.807, 2.05) is 6.07 Å². The van der Waals surface area contributed by atoms with E-state index in [-0.39, 0.29) is 0 Å². The van der Waals surface area contributed by atoms with Gasteiger partial charge in [-0.1, -0.05) is 59.6 Å². The second-order valence-corrected chi connectivity index (χ2v) is 4.90. The molecule has 0 amide bonds. The lowest BCUT2D eigenvalue weighted by Crippen LogP contribution is -2.24. The highest BCUT2D eigenvalue weighted by atomic mass is 79.9. The Kier molecular flexibility index (Phi) is 5.06. The van der Waals surface area contributed by atoms with Crippen LogP contribution in [0.5, 0.6) is 0 Å². The van der Waals surface area contributed by atoms with Gasteiger partial charge in [0.2, 0.25) is 0 Å². The van der Waals surface area contributed by atoms with Crippen molar-refractivity contribution in [3.63, 3.8) is 0 Å². The van der Waals surface area contributed by atoms with Crippen LogP contribution < -0.4 is 5.32 Å². The van der Waals surface area contributed by atoms with Gasteiger partial charge in [0.1, 0.15) is 0 Å². The molecule has 1 nitrogen and oxygen atoms in total. The highest BCUT2D eigenvalue weighted by Crippen LogP contribution is 2.18. The van der Waals surface area contributed by atoms with Gasteiger partial charge in [0, 0.05) is 17.1 Å². The Morgan fingerprint density at radius 2 is 2.07 bits per heavy atom. The van der Waals surface area contributed by atoms with Gasteiger partial charge in [-0.15, -0.1) is 0 Å². The number of nitrogens with one attached hydrogen (secondary N) is 1. The lowest BCUT2D eigenvalue weighted by molar-refractivity contribution is 0.623. The summed E-state index contributed by atoms with van der Waals surface area (Å²) in [5, 5.41) is 3.40. The first-order chi connectivity index (χ1) is 7.09. The van der Waals surface area contributed by atoms with Gasteiger partial charge in [0.15, 0.2) is 0 Å². The minimum absolute atomic E-state index is 0.535. The van der Waals surface area contributed by atoms with E-state index in [0.717, 1.165) is 11.0 Å². The van der Waals surface area contributed by atoms with Crippen molar-refractivity contribution in [3.8, 4) is 0 Å². The molecule has 0 spiro atoms. The smallest absolute Gasteiger partial charge is 0.0247 e. The van der Waals surface area contributed by atoms with Gasteiger partial charge in [0.25, 0.3) is 0 Å². The zero-order valence-electron chi connectivity index (χ0n) is 9.55. The van der Waals surface area contributed by atoms with Gasteiger partial charge in [-0.2, -0.15) is 0 Å². The van der Waals surface area contributed by atoms with Crippen molar-refractivity contribution >= 4 is 22.0 Å². The molecule has 1 N–H and O–H groups in total. The van der Waals surface area contributed by atoms with Crippen molar-refractivity contribution in [2.75, 3.05) is 6.54 Å². The molecule has 0 bridgehead atoms. The summed E-state index contributed by atoms with van der Waals surface area (Å²) < 4.78 is 1.15. The Hall–Kier alpha value is -0.600. The molecule has 0 aliphatic carbocycles. The summed E-state index contributed by atoms with van der Waals surface area (Å²) in [7, 11) is 0. The third kappa shape index (κ3) is 4.63. The zero-order chi connectivity index (χ0) is 11.3. The molecule has 1 aromatic carbocycles. The normalized spacial score (nSPS) is 12.2. The summed E-state index contributed by atoms with van der Waals surface area (Å²) in [6.45, 7) is 7.41. The van der Waals surface area contributed by atoms with Crippen LogP contribution in [0.15, 0.2) is 34.3 Å². The topological polar surface area (TPSA) is 12.0 Å². The Morgan fingerprint density at radius 1 is 1.40 bits per heavy atom. The molecule has 82 valence electrons. The largest absolute Gasteiger partial charge is 0.311 e. The molecular weight excluding hydrogens is 250 g/mol. The number of hydrogen-bond donors (Lipinski definition) is 1. The molecule has 0 heterocycles. The Bertz CT molecular complexity index is 342. The van der Waals surface area contributed by atoms with Crippen LogP contribution in [0.1, 0.15) is 26.3 Å². The van der Waals surface area contributed by atoms with Crippen molar-refractivity contribution in [1.82, 2.24) is 5.32 Å². The molecule has 0 aliphatic heterocycles. The first-order valence-electron chi connectivity index (χ1n) is 5.24. The maximum absolute atomic E-state index is 3.54. The molecule has 1 aromatic rings. The van der Waals surface area contributed by atoms with Crippen molar-refractivity contribution in [3.05, 3.63) is 39.9 Å². The van der Waals surface area contributed by atoms with Crippen LogP contribution in [0.3, 0.4) is 0 Å². The van der Waals surface area contributed by atoms with Gasteiger partial charge in [0.05, 0.1) is 0 Å². The van der Waals surface area contributed by atoms with Crippen molar-refractivity contribution < 1.29 is 0 Å². The summed E-state index contributed by atoms with van der Waals surface area (Å²) in [5.74, 6) is 0. The fourth-order valence-electron chi connectivity index (χ4n) is 1.27. The maximum atomic E-state index is 3.54. The van der Waals surface area contributed by atoms with Gasteiger partial charge in [-0.25, -0.2) is 0 Å². The van der Waals surface area contributed by atoms with Crippen molar-refractivity contribution in [2.45, 2.75) is 26.8 Å². The summed E-state index contributed by atoms with van der Waals surface area (Å²) in [6.07, 6.45) is 2.21. The Labute approximate surface area is 101 Å². The molecule has 0 aliphatic rings. The van der Waals surface area contributed by atoms with Crippen molar-refractivity contribution in [1.29, 1.82) is 0 Å². The van der Waals surface area contributed by atoms with Crippen molar-refractivity contribution in [2.24, 2.45) is 0 Å². The monoisotopic (exact) mass is 267 g/mol. The van der Waals surface area contributed by atoms with E-state index in [9.17, 15) is 0 Å². The lowest BCUT2D eigenvalue weighted by Gasteiger charge is -2.08. The standard InChI is InChI=1S/C13H18BrN/c1-10(2)15-9-11(3)8-12-6-4-5-7-13(12)14/h4-8,10,15H,9H2,1-3H3. The molecule has 1 rings (SSSR count). The van der Waals surface area contributed by atoms with Crippen LogP contribution in [0, 0.1) is 0 Å². The highest BCUT2D eigenvalue weighted by molar-refractivity contribution is 9.10. The Balaban J connectivity index is 2.66. The van der Waals surface area contributed by atoms with E-state index in [4.69, 9.17) is 0 Å². The van der Waals surface area contributed by atoms with E-state index in [1.165, 1.54) is 11.1 Å². The second-order valence-electron chi connectivity index (χ2n) is 4.05. The quantitative estimate of drug-likeness (QED) is 0.874. The molecule has 0 radical (unpaired) electrons. The average molecular weight is 268 g/mol. The summed E-state index contributed by atoms with van der Waals surface area (Å²) in [4.78, 5) is 0. The predicted molar refractivity (Wildman–Crippen MR) is 70.9 cm³/mol. The van der Waals surface area contributed by atoms with Gasteiger partial charge in [-0.3, -0.25) is 0 Å². The minimum atomic E-state index is 0.535. The second kappa shape index (κ2) is 6.09. The van der Waals surface area contributed by atoms with Crippen LogP contribution in [-0.4, -0.2) is 12.6 Å². The van der Waals surface area contributed by atoms with E-state index < -0.39 is 0 Å². The first-order valence-corrected chi connectivity index (χ1v) is 6.04. The molecule has 0 aromatic heterocycles. The van der Waals surface area contributed by atoms with Crippen LogP contribution in [0.4, 0.5) is 0 Å². The number of hydrogen-bond acceptors (Lipinski definition) is 1. The van der Waals surface area contributed by atoms with Gasteiger partial charge in [-0.05, 0) is 18.6 Å². The number of rotatable bonds is 4. The molecule has 0 fully saturated rings. The van der Waals surface area contributed by atoms with E-state index >= 15 is 0 Å². The van der Waals surface area contributed by atoms with Gasteiger partial charge < -0.3 is 5.32 Å². The SMILES string of the molecule is CC(=Cc1ccccc1Br)CNC(C)C. The maximum Gasteiger partial charge on any atom is 0.0247 e. The molecule has 0 saturated carbocycles. The predicted octanol–water partition coefficient (Wildman–Crippen LogP) is 3.85. The lowest BCUT2D eigenvalue weighted by atomic mass is 10.1.